The Morgan fingerprint density at radius 3 is 1.39 bits per heavy atom. The Kier molecular flexibility index (Phi) is 22.3. The number of nitrogens with zero attached hydrogens (tertiary/aromatic N) is 1. The van der Waals surface area contributed by atoms with Crippen LogP contribution in [0.2, 0.25) is 0 Å². The van der Waals surface area contributed by atoms with Gasteiger partial charge in [0.25, 0.3) is 11.8 Å². The molecule has 0 spiro atoms. The Hall–Kier alpha value is -0.993. The average Bonchev–Trinajstić information content (AvgIpc) is 2.47. The predicted molar refractivity (Wildman–Crippen MR) is 124 cm³/mol. The molecule has 1 aliphatic heterocycles. The summed E-state index contributed by atoms with van der Waals surface area (Å²) in [6.07, 6.45) is -1.81. The Balaban J connectivity index is -0.000000195. The summed E-state index contributed by atoms with van der Waals surface area (Å²) in [4.78, 5) is 26.8. The van der Waals surface area contributed by atoms with Crippen molar-refractivity contribution < 1.29 is 58.8 Å². The first kappa shape index (κ1) is 43.8. The molecule has 31 heavy (non-hydrogen) atoms. The first-order valence-electron chi connectivity index (χ1n) is 7.49. The Morgan fingerprint density at radius 1 is 0.742 bits per heavy atom. The summed E-state index contributed by atoms with van der Waals surface area (Å²) in [6, 6.07) is 9.50. The third-order valence-corrected chi connectivity index (χ3v) is 4.25. The second-order valence-electron chi connectivity index (χ2n) is 6.91. The van der Waals surface area contributed by atoms with E-state index < -0.39 is 29.6 Å². The molecule has 1 aliphatic rings. The summed E-state index contributed by atoms with van der Waals surface area (Å²) in [5, 5.41) is 21.0. The van der Waals surface area contributed by atoms with E-state index in [0.29, 0.717) is 16.5 Å². The van der Waals surface area contributed by atoms with Crippen LogP contribution in [-0.2, 0) is 39.0 Å². The normalized spacial score (nSPS) is 12.1. The van der Waals surface area contributed by atoms with Gasteiger partial charge in [-0.3, -0.25) is 14.5 Å². The molecule has 3 rings (SSSR count). The molecule has 180 valence electrons. The number of carbonyl (C=O) groups is 2. The van der Waals surface area contributed by atoms with Crippen LogP contribution in [0.15, 0.2) is 36.4 Å². The molecule has 0 fully saturated rings. The second-order valence-corrected chi connectivity index (χ2v) is 6.91. The summed E-state index contributed by atoms with van der Waals surface area (Å²) >= 11 is 0. The van der Waals surface area contributed by atoms with Crippen molar-refractivity contribution in [2.45, 2.75) is 33.1 Å². The van der Waals surface area contributed by atoms with Crippen LogP contribution in [0.4, 0.5) is 0 Å². The van der Waals surface area contributed by atoms with E-state index in [1.807, 2.05) is 12.1 Å². The molecule has 7 heteroatoms. The van der Waals surface area contributed by atoms with Crippen molar-refractivity contribution in [1.82, 2.24) is 4.90 Å². The molecule has 0 saturated heterocycles. The van der Waals surface area contributed by atoms with Crippen molar-refractivity contribution in [2.24, 2.45) is 5.41 Å². The van der Waals surface area contributed by atoms with E-state index in [4.69, 9.17) is 0 Å². The average molecular weight is 609 g/mol. The maximum absolute atomic E-state index is 12.9. The van der Waals surface area contributed by atoms with E-state index in [0.717, 1.165) is 10.3 Å². The Labute approximate surface area is 216 Å². The van der Waals surface area contributed by atoms with Crippen LogP contribution in [0, 0.1) is 50.0 Å². The van der Waals surface area contributed by atoms with Crippen LogP contribution in [-0.4, -0.2) is 39.3 Å². The van der Waals surface area contributed by atoms with Gasteiger partial charge in [-0.25, -0.2) is 0 Å². The van der Waals surface area contributed by atoms with E-state index in [9.17, 15) is 19.8 Å². The molecule has 2 aromatic carbocycles. The topological polar surface area (TPSA) is 77.8 Å². The second kappa shape index (κ2) is 15.8. The predicted octanol–water partition coefficient (Wildman–Crippen LogP) is 4.86. The number of carbonyl (C=O) groups excluding carboxylic acids is 2. The van der Waals surface area contributed by atoms with Crippen molar-refractivity contribution >= 4 is 22.6 Å². The smallest absolute Gasteiger partial charge is 0.366 e. The van der Waals surface area contributed by atoms with Gasteiger partial charge in [0.15, 0.2) is 6.29 Å². The minimum Gasteiger partial charge on any atom is -0.366 e. The molecule has 0 aliphatic carbocycles. The van der Waals surface area contributed by atoms with Gasteiger partial charge < -0.3 is 54.8 Å². The summed E-state index contributed by atoms with van der Waals surface area (Å²) in [5.41, 5.74) is 0.139. The summed E-state index contributed by atoms with van der Waals surface area (Å²) in [6.45, 7) is 5.29. The number of benzene rings is 2. The zero-order chi connectivity index (χ0) is 16.9. The van der Waals surface area contributed by atoms with E-state index in [2.05, 4.69) is 0 Å². The molecular weight excluding hydrogens is 572 g/mol. The van der Waals surface area contributed by atoms with Gasteiger partial charge >= 0.3 is 39.0 Å². The van der Waals surface area contributed by atoms with Gasteiger partial charge in [-0.2, -0.15) is 0 Å². The standard InChI is InChI=1S/C18H19NO4.6CH3.2Rh/c1-18(2,3)14(17(22)23)19-15(20)11-8-4-6-10-7-5-9-12(13(10)11)16(19)21;;;;;;;;/h4-9,14,17,22-23H,1-3H3;6*1H3;;/q;6*-1;2*+3/t14-;;;;;;;;/m1......../s1. The van der Waals surface area contributed by atoms with Gasteiger partial charge in [0, 0.05) is 16.5 Å². The Bertz CT molecular complexity index is 766. The summed E-state index contributed by atoms with van der Waals surface area (Å²) in [7, 11) is 0. The molecule has 0 aromatic heterocycles. The van der Waals surface area contributed by atoms with E-state index in [1.165, 1.54) is 0 Å². The minimum absolute atomic E-state index is 0. The molecule has 2 N–H and O–H groups in total. The number of amides is 2. The van der Waals surface area contributed by atoms with Crippen molar-refractivity contribution in [2.75, 3.05) is 0 Å². The third kappa shape index (κ3) is 7.53. The quantitative estimate of drug-likeness (QED) is 0.221. The van der Waals surface area contributed by atoms with E-state index >= 15 is 0 Å². The molecule has 2 aromatic rings. The summed E-state index contributed by atoms with van der Waals surface area (Å²) in [5.74, 6) is -0.986. The maximum Gasteiger partial charge on any atom is 3.00 e. The first-order chi connectivity index (χ1) is 10.7. The molecule has 1 atom stereocenters. The van der Waals surface area contributed by atoms with Crippen LogP contribution in [0.3, 0.4) is 0 Å². The number of hydrogen-bond donors (Lipinski definition) is 2. The number of rotatable bonds is 2. The number of aliphatic hydroxyl groups is 2. The zero-order valence-corrected chi connectivity index (χ0v) is 23.2. The first-order valence-corrected chi connectivity index (χ1v) is 7.49. The van der Waals surface area contributed by atoms with Crippen molar-refractivity contribution in [1.29, 1.82) is 0 Å². The number of hydrogen-bond acceptors (Lipinski definition) is 4. The molecule has 2 amide bonds. The van der Waals surface area contributed by atoms with Gasteiger partial charge in [0.1, 0.15) is 0 Å². The fourth-order valence-corrected chi connectivity index (χ4v) is 3.27. The van der Waals surface area contributed by atoms with Crippen LogP contribution in [0.5, 0.6) is 0 Å². The van der Waals surface area contributed by atoms with Crippen molar-refractivity contribution in [3.8, 4) is 0 Å². The van der Waals surface area contributed by atoms with E-state index in [-0.39, 0.29) is 83.5 Å². The van der Waals surface area contributed by atoms with Crippen LogP contribution < -0.4 is 0 Å². The minimum atomic E-state index is -1.81. The Morgan fingerprint density at radius 2 is 1.10 bits per heavy atom. The van der Waals surface area contributed by atoms with Gasteiger partial charge in [0.05, 0.1) is 6.04 Å². The number of imide groups is 1. The zero-order valence-electron chi connectivity index (χ0n) is 19.9. The van der Waals surface area contributed by atoms with Gasteiger partial charge in [-0.15, -0.1) is 0 Å². The molecule has 5 nitrogen and oxygen atoms in total. The van der Waals surface area contributed by atoms with Crippen LogP contribution in [0.1, 0.15) is 41.5 Å². The fourth-order valence-electron chi connectivity index (χ4n) is 3.27. The molecule has 0 bridgehead atoms. The van der Waals surface area contributed by atoms with Crippen LogP contribution >= 0.6 is 0 Å². The SMILES string of the molecule is CC(C)(C)[C@@H](C(O)O)N1C(=O)c2cccc3cccc(c23)C1=O.[CH3-].[CH3-].[CH3-].[CH3-].[CH3-].[CH3-].[Rh+3].[Rh+3]. The van der Waals surface area contributed by atoms with Gasteiger partial charge in [0.2, 0.25) is 0 Å². The van der Waals surface area contributed by atoms with Crippen molar-refractivity contribution in [3.05, 3.63) is 92.1 Å². The van der Waals surface area contributed by atoms with Gasteiger partial charge in [-0.05, 0) is 22.9 Å². The maximum atomic E-state index is 12.9. The summed E-state index contributed by atoms with van der Waals surface area (Å²) < 4.78 is 0. The molecular formula is C24H37NO4Rh2. The largest absolute Gasteiger partial charge is 3.00 e. The molecule has 0 radical (unpaired) electrons. The van der Waals surface area contributed by atoms with Gasteiger partial charge in [-0.1, -0.05) is 45.0 Å². The monoisotopic (exact) mass is 609 g/mol. The fraction of sp³-hybridized carbons (Fsp3) is 0.250. The molecule has 0 saturated carbocycles. The molecule has 1 heterocycles. The number of aliphatic hydroxyl groups excluding tert-OH is 1. The van der Waals surface area contributed by atoms with Crippen LogP contribution in [0.25, 0.3) is 10.8 Å². The van der Waals surface area contributed by atoms with E-state index in [1.54, 1.807) is 45.0 Å². The third-order valence-electron chi connectivity index (χ3n) is 4.25. The molecule has 0 unspecified atom stereocenters. The van der Waals surface area contributed by atoms with Crippen molar-refractivity contribution in [3.63, 3.8) is 0 Å².